The molecule has 94 valence electrons. The number of hydrogen-bond acceptors (Lipinski definition) is 5. The Kier molecular flexibility index (Phi) is 4.09. The molecule has 0 aliphatic carbocycles. The van der Waals surface area contributed by atoms with E-state index in [1.807, 2.05) is 12.1 Å². The average molecular weight is 239 g/mol. The molecule has 17 heavy (non-hydrogen) atoms. The quantitative estimate of drug-likeness (QED) is 0.693. The van der Waals surface area contributed by atoms with Crippen LogP contribution >= 0.6 is 0 Å². The van der Waals surface area contributed by atoms with Crippen molar-refractivity contribution in [2.45, 2.75) is 18.5 Å². The molecule has 2 rings (SSSR count). The van der Waals surface area contributed by atoms with Crippen LogP contribution in [0.15, 0.2) is 24.3 Å². The molecule has 0 amide bonds. The lowest BCUT2D eigenvalue weighted by Gasteiger charge is -2.21. The van der Waals surface area contributed by atoms with E-state index in [1.165, 1.54) is 0 Å². The van der Waals surface area contributed by atoms with E-state index in [0.717, 1.165) is 5.56 Å². The molecule has 0 aromatic heterocycles. The molecule has 1 aromatic carbocycles. The number of aliphatic hydroxyl groups excluding tert-OH is 2. The number of aliphatic hydroxyl groups is 2. The maximum absolute atomic E-state index is 9.99. The van der Waals surface area contributed by atoms with Gasteiger partial charge in [-0.05, 0) is 5.56 Å². The molecule has 0 radical (unpaired) electrons. The van der Waals surface area contributed by atoms with Gasteiger partial charge in [0.2, 0.25) is 0 Å². The van der Waals surface area contributed by atoms with Crippen LogP contribution in [0, 0.1) is 0 Å². The van der Waals surface area contributed by atoms with Gasteiger partial charge in [-0.2, -0.15) is 0 Å². The zero-order valence-corrected chi connectivity index (χ0v) is 9.45. The monoisotopic (exact) mass is 239 g/mol. The molecule has 2 atom stereocenters. The van der Waals surface area contributed by atoms with Gasteiger partial charge in [-0.1, -0.05) is 24.3 Å². The SMILES string of the molecule is NCC(O)C(O)c1ccccc1C1OCCO1. The predicted molar refractivity (Wildman–Crippen MR) is 61.1 cm³/mol. The van der Waals surface area contributed by atoms with E-state index in [9.17, 15) is 10.2 Å². The summed E-state index contributed by atoms with van der Waals surface area (Å²) in [5.74, 6) is 0. The first-order valence-corrected chi connectivity index (χ1v) is 5.62. The van der Waals surface area contributed by atoms with E-state index in [4.69, 9.17) is 15.2 Å². The summed E-state index contributed by atoms with van der Waals surface area (Å²) in [5.41, 5.74) is 6.68. The summed E-state index contributed by atoms with van der Waals surface area (Å²) >= 11 is 0. The molecule has 0 bridgehead atoms. The first-order chi connectivity index (χ1) is 8.24. The normalized spacial score (nSPS) is 20.4. The highest BCUT2D eigenvalue weighted by molar-refractivity contribution is 5.31. The van der Waals surface area contributed by atoms with Gasteiger partial charge in [0.05, 0.1) is 19.3 Å². The molecular formula is C12H17NO4. The molecule has 2 unspecified atom stereocenters. The van der Waals surface area contributed by atoms with E-state index in [-0.39, 0.29) is 6.54 Å². The summed E-state index contributed by atoms with van der Waals surface area (Å²) in [5, 5.41) is 19.6. The third-order valence-electron chi connectivity index (χ3n) is 2.80. The largest absolute Gasteiger partial charge is 0.389 e. The minimum absolute atomic E-state index is 0.00187. The number of nitrogens with two attached hydrogens (primary N) is 1. The molecule has 1 aliphatic heterocycles. The molecule has 0 spiro atoms. The van der Waals surface area contributed by atoms with Gasteiger partial charge in [-0.25, -0.2) is 0 Å². The first kappa shape index (κ1) is 12.5. The third kappa shape index (κ3) is 2.65. The fraction of sp³-hybridized carbons (Fsp3) is 0.500. The highest BCUT2D eigenvalue weighted by atomic mass is 16.7. The van der Waals surface area contributed by atoms with Gasteiger partial charge in [0.1, 0.15) is 6.10 Å². The lowest BCUT2D eigenvalue weighted by atomic mass is 9.98. The Bertz CT molecular complexity index is 365. The zero-order valence-electron chi connectivity index (χ0n) is 9.45. The van der Waals surface area contributed by atoms with Crippen molar-refractivity contribution in [2.75, 3.05) is 19.8 Å². The van der Waals surface area contributed by atoms with Crippen molar-refractivity contribution in [1.29, 1.82) is 0 Å². The van der Waals surface area contributed by atoms with Gasteiger partial charge >= 0.3 is 0 Å². The summed E-state index contributed by atoms with van der Waals surface area (Å²) in [6.45, 7) is 1.07. The fourth-order valence-electron chi connectivity index (χ4n) is 1.87. The van der Waals surface area contributed by atoms with E-state index >= 15 is 0 Å². The molecule has 1 aromatic rings. The van der Waals surface area contributed by atoms with Crippen LogP contribution in [-0.2, 0) is 9.47 Å². The summed E-state index contributed by atoms with van der Waals surface area (Å²) < 4.78 is 10.8. The second-order valence-corrected chi connectivity index (χ2v) is 3.95. The van der Waals surface area contributed by atoms with Crippen molar-refractivity contribution in [2.24, 2.45) is 5.73 Å². The first-order valence-electron chi connectivity index (χ1n) is 5.62. The highest BCUT2D eigenvalue weighted by Gasteiger charge is 2.26. The standard InChI is InChI=1S/C12H17NO4/c13-7-10(14)11(15)8-3-1-2-4-9(8)12-16-5-6-17-12/h1-4,10-12,14-15H,5-7,13H2. The van der Waals surface area contributed by atoms with Crippen molar-refractivity contribution in [3.63, 3.8) is 0 Å². The predicted octanol–water partition coefficient (Wildman–Crippen LogP) is 0.0850. The molecule has 1 fully saturated rings. The molecular weight excluding hydrogens is 222 g/mol. The van der Waals surface area contributed by atoms with Crippen LogP contribution in [0.5, 0.6) is 0 Å². The Balaban J connectivity index is 2.26. The second kappa shape index (κ2) is 5.57. The maximum Gasteiger partial charge on any atom is 0.184 e. The lowest BCUT2D eigenvalue weighted by Crippen LogP contribution is -2.28. The number of ether oxygens (including phenoxy) is 2. The summed E-state index contributed by atoms with van der Waals surface area (Å²) in [4.78, 5) is 0. The van der Waals surface area contributed by atoms with Crippen LogP contribution in [0.25, 0.3) is 0 Å². The minimum Gasteiger partial charge on any atom is -0.389 e. The summed E-state index contributed by atoms with van der Waals surface area (Å²) in [6, 6.07) is 7.19. The lowest BCUT2D eigenvalue weighted by molar-refractivity contribution is -0.0483. The number of rotatable bonds is 4. The minimum atomic E-state index is -1.02. The van der Waals surface area contributed by atoms with E-state index in [2.05, 4.69) is 0 Å². The van der Waals surface area contributed by atoms with Crippen LogP contribution < -0.4 is 5.73 Å². The fourth-order valence-corrected chi connectivity index (χ4v) is 1.87. The van der Waals surface area contributed by atoms with Crippen molar-refractivity contribution in [3.05, 3.63) is 35.4 Å². The average Bonchev–Trinajstić information content (AvgIpc) is 2.90. The molecule has 0 saturated carbocycles. The van der Waals surface area contributed by atoms with Gasteiger partial charge in [-0.15, -0.1) is 0 Å². The second-order valence-electron chi connectivity index (χ2n) is 3.95. The Morgan fingerprint density at radius 3 is 2.53 bits per heavy atom. The molecule has 5 nitrogen and oxygen atoms in total. The number of benzene rings is 1. The third-order valence-corrected chi connectivity index (χ3v) is 2.80. The van der Waals surface area contributed by atoms with Gasteiger partial charge in [0.15, 0.2) is 6.29 Å². The van der Waals surface area contributed by atoms with Gasteiger partial charge < -0.3 is 25.4 Å². The van der Waals surface area contributed by atoms with Crippen molar-refractivity contribution in [1.82, 2.24) is 0 Å². The van der Waals surface area contributed by atoms with Crippen molar-refractivity contribution >= 4 is 0 Å². The van der Waals surface area contributed by atoms with Crippen molar-refractivity contribution in [3.8, 4) is 0 Å². The Labute approximate surface area is 99.8 Å². The molecule has 1 aliphatic rings. The topological polar surface area (TPSA) is 84.9 Å². The summed E-state index contributed by atoms with van der Waals surface area (Å²) in [6.07, 6.45) is -2.48. The maximum atomic E-state index is 9.99. The van der Waals surface area contributed by atoms with Gasteiger partial charge in [-0.3, -0.25) is 0 Å². The molecule has 4 N–H and O–H groups in total. The van der Waals surface area contributed by atoms with Gasteiger partial charge in [0.25, 0.3) is 0 Å². The van der Waals surface area contributed by atoms with Crippen LogP contribution in [0.3, 0.4) is 0 Å². The number of hydrogen-bond donors (Lipinski definition) is 3. The zero-order chi connectivity index (χ0) is 12.3. The van der Waals surface area contributed by atoms with E-state index in [0.29, 0.717) is 18.8 Å². The van der Waals surface area contributed by atoms with Crippen molar-refractivity contribution < 1.29 is 19.7 Å². The summed E-state index contributed by atoms with van der Waals surface area (Å²) in [7, 11) is 0. The molecule has 1 heterocycles. The highest BCUT2D eigenvalue weighted by Crippen LogP contribution is 2.30. The van der Waals surface area contributed by atoms with Crippen LogP contribution in [0.2, 0.25) is 0 Å². The molecule has 5 heteroatoms. The van der Waals surface area contributed by atoms with Crippen LogP contribution in [-0.4, -0.2) is 36.1 Å². The Hall–Kier alpha value is -0.980. The van der Waals surface area contributed by atoms with E-state index in [1.54, 1.807) is 12.1 Å². The molecule has 1 saturated heterocycles. The van der Waals surface area contributed by atoms with E-state index < -0.39 is 18.5 Å². The van der Waals surface area contributed by atoms with Crippen LogP contribution in [0.4, 0.5) is 0 Å². The smallest absolute Gasteiger partial charge is 0.184 e. The Morgan fingerprint density at radius 2 is 1.88 bits per heavy atom. The van der Waals surface area contributed by atoms with Gasteiger partial charge in [0, 0.05) is 12.1 Å². The van der Waals surface area contributed by atoms with Crippen LogP contribution in [0.1, 0.15) is 23.5 Å². The Morgan fingerprint density at radius 1 is 1.24 bits per heavy atom.